The minimum atomic E-state index is 0.554. The molecule has 140 valence electrons. The van der Waals surface area contributed by atoms with Crippen molar-refractivity contribution in [3.05, 3.63) is 18.5 Å². The third-order valence-electron chi connectivity index (χ3n) is 4.61. The first kappa shape index (κ1) is 19.4. The molecule has 7 heteroatoms. The zero-order valence-corrected chi connectivity index (χ0v) is 16.3. The fourth-order valence-corrected chi connectivity index (χ4v) is 3.31. The average Bonchev–Trinajstić information content (AvgIpc) is 2.62. The van der Waals surface area contributed by atoms with E-state index in [1.165, 1.54) is 0 Å². The fourth-order valence-electron chi connectivity index (χ4n) is 3.31. The molecule has 0 bridgehead atoms. The van der Waals surface area contributed by atoms with Gasteiger partial charge in [0.05, 0.1) is 0 Å². The molecule has 25 heavy (non-hydrogen) atoms. The molecule has 0 unspecified atom stereocenters. The predicted molar refractivity (Wildman–Crippen MR) is 104 cm³/mol. The predicted octanol–water partition coefficient (Wildman–Crippen LogP) is 1.29. The molecule has 0 aliphatic carbocycles. The molecule has 1 aliphatic rings. The Labute approximate surface area is 152 Å². The van der Waals surface area contributed by atoms with E-state index >= 15 is 0 Å². The van der Waals surface area contributed by atoms with E-state index in [2.05, 4.69) is 62.7 Å². The monoisotopic (exact) mass is 347 g/mol. The number of nitrogens with zero attached hydrogens (tertiary/aromatic N) is 6. The summed E-state index contributed by atoms with van der Waals surface area (Å²) in [6.45, 7) is 14.6. The van der Waals surface area contributed by atoms with Crippen LogP contribution in [-0.2, 0) is 0 Å². The Morgan fingerprint density at radius 2 is 1.72 bits per heavy atom. The Kier molecular flexibility index (Phi) is 7.43. The fraction of sp³-hybridized carbons (Fsp3) is 0.722. The van der Waals surface area contributed by atoms with E-state index < -0.39 is 0 Å². The Morgan fingerprint density at radius 1 is 1.12 bits per heavy atom. The maximum atomic E-state index is 4.46. The molecule has 7 nitrogen and oxygen atoms in total. The lowest BCUT2D eigenvalue weighted by molar-refractivity contribution is 0.178. The van der Waals surface area contributed by atoms with Crippen LogP contribution in [-0.4, -0.2) is 84.1 Å². The van der Waals surface area contributed by atoms with Crippen LogP contribution in [0.4, 0.5) is 5.95 Å². The molecule has 1 fully saturated rings. The Morgan fingerprint density at radius 3 is 2.24 bits per heavy atom. The smallest absolute Gasteiger partial charge is 0.225 e. The van der Waals surface area contributed by atoms with E-state index in [1.807, 2.05) is 13.1 Å². The molecule has 2 rings (SSSR count). The number of piperazine rings is 1. The van der Waals surface area contributed by atoms with Crippen molar-refractivity contribution in [2.24, 2.45) is 4.99 Å². The molecule has 1 aromatic heterocycles. The minimum Gasteiger partial charge on any atom is -0.355 e. The highest BCUT2D eigenvalue weighted by atomic mass is 15.4. The summed E-state index contributed by atoms with van der Waals surface area (Å²) in [5, 5.41) is 3.52. The summed E-state index contributed by atoms with van der Waals surface area (Å²) in [6, 6.07) is 2.96. The van der Waals surface area contributed by atoms with Gasteiger partial charge in [0.25, 0.3) is 0 Å². The molecule has 0 radical (unpaired) electrons. The van der Waals surface area contributed by atoms with Crippen LogP contribution in [0.15, 0.2) is 23.5 Å². The number of hydrogen-bond acceptors (Lipinski definition) is 5. The maximum Gasteiger partial charge on any atom is 0.225 e. The van der Waals surface area contributed by atoms with Crippen LogP contribution in [0.5, 0.6) is 0 Å². The summed E-state index contributed by atoms with van der Waals surface area (Å²) < 4.78 is 0. The van der Waals surface area contributed by atoms with Crippen LogP contribution in [0, 0.1) is 0 Å². The summed E-state index contributed by atoms with van der Waals surface area (Å²) in [4.78, 5) is 20.2. The highest BCUT2D eigenvalue weighted by Gasteiger charge is 2.21. The summed E-state index contributed by atoms with van der Waals surface area (Å²) in [5.74, 6) is 1.80. The topological polar surface area (TPSA) is 59.9 Å². The number of aliphatic imine (C=N–C) groups is 1. The van der Waals surface area contributed by atoms with Crippen LogP contribution < -0.4 is 10.2 Å². The van der Waals surface area contributed by atoms with Gasteiger partial charge in [-0.3, -0.25) is 9.89 Å². The summed E-state index contributed by atoms with van der Waals surface area (Å²) in [6.07, 6.45) is 3.59. The van der Waals surface area contributed by atoms with Gasteiger partial charge in [0.1, 0.15) is 0 Å². The normalized spacial score (nSPS) is 16.2. The average molecular weight is 348 g/mol. The summed E-state index contributed by atoms with van der Waals surface area (Å²) in [5.41, 5.74) is 0. The van der Waals surface area contributed by atoms with Crippen molar-refractivity contribution in [2.75, 3.05) is 51.2 Å². The quantitative estimate of drug-likeness (QED) is 0.618. The van der Waals surface area contributed by atoms with Gasteiger partial charge in [0.15, 0.2) is 5.96 Å². The molecule has 0 aromatic carbocycles. The van der Waals surface area contributed by atoms with E-state index in [-0.39, 0.29) is 0 Å². The van der Waals surface area contributed by atoms with Crippen molar-refractivity contribution in [1.29, 1.82) is 0 Å². The molecule has 1 aliphatic heterocycles. The second-order valence-corrected chi connectivity index (χ2v) is 6.92. The number of anilines is 1. The largest absolute Gasteiger partial charge is 0.355 e. The maximum absolute atomic E-state index is 4.46. The zero-order chi connectivity index (χ0) is 18.2. The minimum absolute atomic E-state index is 0.554. The van der Waals surface area contributed by atoms with Gasteiger partial charge in [0, 0.05) is 70.8 Å². The zero-order valence-electron chi connectivity index (χ0n) is 16.3. The van der Waals surface area contributed by atoms with Crippen molar-refractivity contribution in [1.82, 2.24) is 25.1 Å². The number of hydrogen-bond donors (Lipinski definition) is 1. The number of aromatic nitrogens is 2. The van der Waals surface area contributed by atoms with Gasteiger partial charge in [-0.25, -0.2) is 9.97 Å². The van der Waals surface area contributed by atoms with E-state index in [0.717, 1.165) is 51.2 Å². The first-order valence-corrected chi connectivity index (χ1v) is 9.26. The van der Waals surface area contributed by atoms with Crippen LogP contribution in [0.2, 0.25) is 0 Å². The van der Waals surface area contributed by atoms with Crippen molar-refractivity contribution < 1.29 is 0 Å². The molecule has 1 saturated heterocycles. The van der Waals surface area contributed by atoms with Gasteiger partial charge < -0.3 is 15.1 Å². The molecule has 0 atom stereocenters. The highest BCUT2D eigenvalue weighted by Crippen LogP contribution is 2.10. The van der Waals surface area contributed by atoms with Gasteiger partial charge in [0.2, 0.25) is 5.95 Å². The van der Waals surface area contributed by atoms with Crippen molar-refractivity contribution >= 4 is 11.9 Å². The van der Waals surface area contributed by atoms with Gasteiger partial charge >= 0.3 is 0 Å². The first-order chi connectivity index (χ1) is 12.0. The van der Waals surface area contributed by atoms with Crippen LogP contribution >= 0.6 is 0 Å². The molecule has 1 aromatic rings. The lowest BCUT2D eigenvalue weighted by atomic mass is 10.2. The summed E-state index contributed by atoms with van der Waals surface area (Å²) >= 11 is 0. The number of nitrogens with one attached hydrogen (secondary N) is 1. The van der Waals surface area contributed by atoms with Crippen LogP contribution in [0.25, 0.3) is 0 Å². The molecular weight excluding hydrogens is 314 g/mol. The molecule has 0 saturated carbocycles. The molecule has 2 heterocycles. The van der Waals surface area contributed by atoms with Crippen molar-refractivity contribution in [3.8, 4) is 0 Å². The lowest BCUT2D eigenvalue weighted by Crippen LogP contribution is -2.54. The second-order valence-electron chi connectivity index (χ2n) is 6.92. The first-order valence-electron chi connectivity index (χ1n) is 9.26. The highest BCUT2D eigenvalue weighted by molar-refractivity contribution is 5.80. The van der Waals surface area contributed by atoms with Gasteiger partial charge in [-0.15, -0.1) is 0 Å². The van der Waals surface area contributed by atoms with Crippen LogP contribution in [0.3, 0.4) is 0 Å². The summed E-state index contributed by atoms with van der Waals surface area (Å²) in [7, 11) is 1.86. The second kappa shape index (κ2) is 9.56. The Balaban J connectivity index is 1.80. The third kappa shape index (κ3) is 5.56. The van der Waals surface area contributed by atoms with E-state index in [4.69, 9.17) is 0 Å². The van der Waals surface area contributed by atoms with Crippen molar-refractivity contribution in [2.45, 2.75) is 39.8 Å². The standard InChI is InChI=1S/C18H33N7/c1-15(2)25(16(3)4)10-9-22-17(19-5)23-11-13-24(14-12-23)18-20-7-6-8-21-18/h6-8,15-16H,9-14H2,1-5H3,(H,19,22). The SMILES string of the molecule is CN=C(NCCN(C(C)C)C(C)C)N1CCN(c2ncccn2)CC1. The van der Waals surface area contributed by atoms with Crippen LogP contribution in [0.1, 0.15) is 27.7 Å². The molecular formula is C18H33N7. The number of guanidine groups is 1. The molecule has 1 N–H and O–H groups in total. The third-order valence-corrected chi connectivity index (χ3v) is 4.61. The Hall–Kier alpha value is -1.89. The Bertz CT molecular complexity index is 513. The molecule has 0 amide bonds. The molecule has 0 spiro atoms. The van der Waals surface area contributed by atoms with E-state index in [9.17, 15) is 0 Å². The van der Waals surface area contributed by atoms with Gasteiger partial charge in [-0.05, 0) is 33.8 Å². The van der Waals surface area contributed by atoms with Gasteiger partial charge in [-0.1, -0.05) is 0 Å². The van der Waals surface area contributed by atoms with E-state index in [0.29, 0.717) is 12.1 Å². The van der Waals surface area contributed by atoms with E-state index in [1.54, 1.807) is 12.4 Å². The number of rotatable bonds is 6. The lowest BCUT2D eigenvalue weighted by Gasteiger charge is -2.37. The van der Waals surface area contributed by atoms with Gasteiger partial charge in [-0.2, -0.15) is 0 Å². The van der Waals surface area contributed by atoms with Crippen molar-refractivity contribution in [3.63, 3.8) is 0 Å².